The number of rotatable bonds is 0. The number of likely N-dealkylation sites (tertiary alicyclic amines) is 2. The Hall–Kier alpha value is -1.98. The fourth-order valence-corrected chi connectivity index (χ4v) is 7.36. The lowest BCUT2D eigenvalue weighted by molar-refractivity contribution is -0.140. The number of allylic oxidation sites excluding steroid dienone is 2. The molecule has 2 saturated heterocycles. The third-order valence-electron chi connectivity index (χ3n) is 8.91. The van der Waals surface area contributed by atoms with Crippen molar-refractivity contribution in [1.82, 2.24) is 9.80 Å². The van der Waals surface area contributed by atoms with Crippen molar-refractivity contribution in [2.75, 3.05) is 14.1 Å². The van der Waals surface area contributed by atoms with Crippen LogP contribution in [0, 0.1) is 47.3 Å². The summed E-state index contributed by atoms with van der Waals surface area (Å²) in [7, 11) is 3.28. The van der Waals surface area contributed by atoms with Gasteiger partial charge in [-0.1, -0.05) is 25.0 Å². The molecule has 6 heteroatoms. The average Bonchev–Trinajstić information content (AvgIpc) is 3.11. The van der Waals surface area contributed by atoms with E-state index in [4.69, 9.17) is 0 Å². The highest BCUT2D eigenvalue weighted by molar-refractivity contribution is 6.06. The predicted molar refractivity (Wildman–Crippen MR) is 110 cm³/mol. The van der Waals surface area contributed by atoms with Gasteiger partial charge in [-0.3, -0.25) is 29.0 Å². The molecule has 2 heterocycles. The van der Waals surface area contributed by atoms with Gasteiger partial charge in [-0.2, -0.15) is 0 Å². The van der Waals surface area contributed by atoms with Crippen LogP contribution in [-0.2, 0) is 19.2 Å². The number of hydrogen-bond donors (Lipinski definition) is 0. The zero-order valence-electron chi connectivity index (χ0n) is 18.0. The van der Waals surface area contributed by atoms with Gasteiger partial charge in [0.1, 0.15) is 0 Å². The Morgan fingerprint density at radius 2 is 0.933 bits per heavy atom. The van der Waals surface area contributed by atoms with E-state index in [1.807, 2.05) is 0 Å². The van der Waals surface area contributed by atoms with Crippen LogP contribution in [0.5, 0.6) is 0 Å². The molecule has 162 valence electrons. The lowest BCUT2D eigenvalue weighted by Crippen LogP contribution is -2.34. The fourth-order valence-electron chi connectivity index (χ4n) is 7.36. The van der Waals surface area contributed by atoms with Gasteiger partial charge in [-0.05, 0) is 62.2 Å². The van der Waals surface area contributed by atoms with Gasteiger partial charge in [-0.15, -0.1) is 0 Å². The summed E-state index contributed by atoms with van der Waals surface area (Å²) in [5.41, 5.74) is 0. The molecule has 6 fully saturated rings. The molecule has 0 N–H and O–H groups in total. The second-order valence-electron chi connectivity index (χ2n) is 10.2. The molecule has 0 aromatic carbocycles. The van der Waals surface area contributed by atoms with Crippen LogP contribution in [0.15, 0.2) is 12.2 Å². The average molecular weight is 413 g/mol. The Balaban J connectivity index is 0.000000128. The molecule has 8 aliphatic rings. The SMILES string of the molecule is CN1C(=O)[C@@H]2C3C=CC(CCC3)[C@@H]2C1=O.CN1C(=O)[C@@H]2C3CCCC(CC3)[C@@H]2C1=O. The first-order valence-corrected chi connectivity index (χ1v) is 11.7. The first-order chi connectivity index (χ1) is 14.4. The van der Waals surface area contributed by atoms with Crippen molar-refractivity contribution in [1.29, 1.82) is 0 Å². The van der Waals surface area contributed by atoms with Gasteiger partial charge in [0.05, 0.1) is 23.7 Å². The van der Waals surface area contributed by atoms with Crippen LogP contribution in [0.4, 0.5) is 0 Å². The van der Waals surface area contributed by atoms with E-state index in [-0.39, 0.29) is 47.3 Å². The Bertz CT molecular complexity index is 754. The summed E-state index contributed by atoms with van der Waals surface area (Å²) < 4.78 is 0. The maximum atomic E-state index is 12.0. The lowest BCUT2D eigenvalue weighted by atomic mass is 9.69. The van der Waals surface area contributed by atoms with Crippen LogP contribution in [0.2, 0.25) is 0 Å². The molecule has 30 heavy (non-hydrogen) atoms. The standard InChI is InChI=1S/C12H17NO2.C12H15NO2/c2*1-13-11(14)9-7-3-2-4-8(6-5-7)10(9)12(13)15/h7-10H,2-6H2,1H3;5-10H,2-4H2,1H3/t2*7?,8?,9-,10+. The second kappa shape index (κ2) is 7.31. The van der Waals surface area contributed by atoms with Gasteiger partial charge in [-0.25, -0.2) is 0 Å². The number of imide groups is 2. The van der Waals surface area contributed by atoms with Gasteiger partial charge in [0.15, 0.2) is 0 Å². The van der Waals surface area contributed by atoms with E-state index < -0.39 is 0 Å². The van der Waals surface area contributed by atoms with E-state index in [1.165, 1.54) is 29.1 Å². The van der Waals surface area contributed by atoms with E-state index >= 15 is 0 Å². The van der Waals surface area contributed by atoms with Crippen molar-refractivity contribution in [2.45, 2.75) is 51.4 Å². The van der Waals surface area contributed by atoms with Gasteiger partial charge in [0.25, 0.3) is 0 Å². The largest absolute Gasteiger partial charge is 0.285 e. The molecule has 0 radical (unpaired) electrons. The van der Waals surface area contributed by atoms with Gasteiger partial charge < -0.3 is 0 Å². The summed E-state index contributed by atoms with van der Waals surface area (Å²) in [5, 5.41) is 0. The molecule has 4 amide bonds. The number of fused-ring (bicyclic) bond motifs is 5. The second-order valence-corrected chi connectivity index (χ2v) is 10.2. The molecule has 0 spiro atoms. The molecule has 0 aromatic rings. The predicted octanol–water partition coefficient (Wildman–Crippen LogP) is 2.63. The van der Waals surface area contributed by atoms with Crippen LogP contribution in [0.25, 0.3) is 0 Å². The number of amides is 4. The summed E-state index contributed by atoms with van der Waals surface area (Å²) in [6.45, 7) is 0. The number of carbonyl (C=O) groups excluding carboxylic acids is 4. The highest BCUT2D eigenvalue weighted by Crippen LogP contribution is 2.51. The van der Waals surface area contributed by atoms with Crippen molar-refractivity contribution in [3.05, 3.63) is 12.2 Å². The minimum atomic E-state index is -0.0417. The molecule has 0 aromatic heterocycles. The Morgan fingerprint density at radius 1 is 0.567 bits per heavy atom. The van der Waals surface area contributed by atoms with E-state index in [2.05, 4.69) is 12.2 Å². The highest BCUT2D eigenvalue weighted by atomic mass is 16.2. The zero-order chi connectivity index (χ0) is 21.2. The minimum Gasteiger partial charge on any atom is -0.285 e. The van der Waals surface area contributed by atoms with Crippen molar-refractivity contribution < 1.29 is 19.2 Å². The van der Waals surface area contributed by atoms with Crippen molar-refractivity contribution >= 4 is 23.6 Å². The molecule has 6 nitrogen and oxygen atoms in total. The van der Waals surface area contributed by atoms with Crippen molar-refractivity contribution in [2.24, 2.45) is 47.3 Å². The van der Waals surface area contributed by atoms with Crippen LogP contribution < -0.4 is 0 Å². The molecule has 2 aliphatic heterocycles. The topological polar surface area (TPSA) is 74.8 Å². The van der Waals surface area contributed by atoms with Gasteiger partial charge in [0, 0.05) is 14.1 Å². The summed E-state index contributed by atoms with van der Waals surface area (Å²) in [6, 6.07) is 0. The molecular weight excluding hydrogens is 380 g/mol. The maximum Gasteiger partial charge on any atom is 0.233 e. The van der Waals surface area contributed by atoms with Crippen LogP contribution >= 0.6 is 0 Å². The minimum absolute atomic E-state index is 0.0417. The molecule has 4 unspecified atom stereocenters. The van der Waals surface area contributed by atoms with Crippen molar-refractivity contribution in [3.63, 3.8) is 0 Å². The van der Waals surface area contributed by atoms with Crippen LogP contribution in [0.3, 0.4) is 0 Å². The molecule has 4 bridgehead atoms. The number of nitrogens with zero attached hydrogens (tertiary/aromatic N) is 2. The summed E-state index contributed by atoms with van der Waals surface area (Å²) in [6.07, 6.45) is 13.5. The highest BCUT2D eigenvalue weighted by Gasteiger charge is 2.55. The molecular formula is C24H32N2O4. The quantitative estimate of drug-likeness (QED) is 0.453. The molecule has 6 aliphatic carbocycles. The van der Waals surface area contributed by atoms with E-state index in [0.29, 0.717) is 23.7 Å². The smallest absolute Gasteiger partial charge is 0.233 e. The molecule has 4 saturated carbocycles. The lowest BCUT2D eigenvalue weighted by Gasteiger charge is -2.32. The number of hydrogen-bond acceptors (Lipinski definition) is 4. The molecule has 8 atom stereocenters. The third-order valence-corrected chi connectivity index (χ3v) is 8.91. The Labute approximate surface area is 178 Å². The van der Waals surface area contributed by atoms with Crippen molar-refractivity contribution in [3.8, 4) is 0 Å². The summed E-state index contributed by atoms with van der Waals surface area (Å²) >= 11 is 0. The van der Waals surface area contributed by atoms with E-state index in [9.17, 15) is 19.2 Å². The van der Waals surface area contributed by atoms with Crippen LogP contribution in [0.1, 0.15) is 51.4 Å². The Kier molecular flexibility index (Phi) is 4.86. The maximum absolute atomic E-state index is 12.0. The van der Waals surface area contributed by atoms with Gasteiger partial charge in [0.2, 0.25) is 23.6 Å². The summed E-state index contributed by atoms with van der Waals surface area (Å²) in [5.74, 6) is 1.92. The van der Waals surface area contributed by atoms with E-state index in [0.717, 1.165) is 32.1 Å². The number of carbonyl (C=O) groups is 4. The third kappa shape index (κ3) is 2.82. The Morgan fingerprint density at radius 3 is 1.37 bits per heavy atom. The fraction of sp³-hybridized carbons (Fsp3) is 0.750. The van der Waals surface area contributed by atoms with Crippen LogP contribution in [-0.4, -0.2) is 47.5 Å². The monoisotopic (exact) mass is 412 g/mol. The summed E-state index contributed by atoms with van der Waals surface area (Å²) in [4.78, 5) is 50.6. The zero-order valence-corrected chi connectivity index (χ0v) is 18.0. The van der Waals surface area contributed by atoms with E-state index in [1.54, 1.807) is 14.1 Å². The first-order valence-electron chi connectivity index (χ1n) is 11.7. The first kappa shape index (κ1) is 20.0. The van der Waals surface area contributed by atoms with Gasteiger partial charge >= 0.3 is 0 Å². The normalized spacial score (nSPS) is 43.9. The molecule has 8 rings (SSSR count).